The second-order valence-electron chi connectivity index (χ2n) is 3.76. The number of H-pyrrole nitrogens is 1. The molecule has 3 atom stereocenters. The summed E-state index contributed by atoms with van der Waals surface area (Å²) in [5, 5.41) is 17.9. The average molecular weight is 279 g/mol. The molecule has 0 unspecified atom stereocenters. The minimum Gasteiger partial charge on any atom is -0.395 e. The fourth-order valence-electron chi connectivity index (χ4n) is 1.72. The highest BCUT2D eigenvalue weighted by Crippen LogP contribution is 2.40. The molecule has 8 heteroatoms. The van der Waals surface area contributed by atoms with Gasteiger partial charge in [0.05, 0.1) is 23.3 Å². The number of hydrogen-bond donors (Lipinski definition) is 3. The van der Waals surface area contributed by atoms with Crippen molar-refractivity contribution in [2.45, 2.75) is 23.1 Å². The van der Waals surface area contributed by atoms with Gasteiger partial charge in [-0.25, -0.2) is 4.79 Å². The molecule has 17 heavy (non-hydrogen) atoms. The molecule has 2 heterocycles. The molecule has 1 aromatic heterocycles. The number of aliphatic hydroxyl groups is 2. The van der Waals surface area contributed by atoms with E-state index in [2.05, 4.69) is 4.98 Å². The highest BCUT2D eigenvalue weighted by atomic mass is 35.5. The average Bonchev–Trinajstić information content (AvgIpc) is 2.65. The van der Waals surface area contributed by atoms with Gasteiger partial charge in [-0.2, -0.15) is 0 Å². The van der Waals surface area contributed by atoms with E-state index in [0.717, 1.165) is 0 Å². The molecule has 1 aliphatic heterocycles. The monoisotopic (exact) mass is 278 g/mol. The summed E-state index contributed by atoms with van der Waals surface area (Å²) in [5.41, 5.74) is -1.20. The number of hydrogen-bond acceptors (Lipinski definition) is 5. The van der Waals surface area contributed by atoms with Gasteiger partial charge in [-0.15, -0.1) is 11.8 Å². The molecule has 1 aliphatic rings. The van der Waals surface area contributed by atoms with Gasteiger partial charge < -0.3 is 10.2 Å². The molecule has 0 radical (unpaired) electrons. The molecular formula is C9H11ClN2O4S. The summed E-state index contributed by atoms with van der Waals surface area (Å²) < 4.78 is 1.27. The topological polar surface area (TPSA) is 95.3 Å². The zero-order valence-corrected chi connectivity index (χ0v) is 10.2. The van der Waals surface area contributed by atoms with Crippen LogP contribution in [0.25, 0.3) is 0 Å². The van der Waals surface area contributed by atoms with E-state index in [1.807, 2.05) is 0 Å². The molecule has 94 valence electrons. The standard InChI is InChI=1S/C9H11ClN2O4S/c10-4-2-12(9(16)11-8(4)15)7-1-5(14)6(3-13)17-7/h2,5-7,13-14H,1,3H2,(H,11,15,16)/t5-,6-,7+/m0/s1. The molecule has 6 nitrogen and oxygen atoms in total. The number of aromatic nitrogens is 2. The van der Waals surface area contributed by atoms with Crippen LogP contribution in [0.4, 0.5) is 0 Å². The Morgan fingerprint density at radius 1 is 1.59 bits per heavy atom. The minimum atomic E-state index is -0.674. The first kappa shape index (κ1) is 12.7. The molecule has 2 rings (SSSR count). The molecular weight excluding hydrogens is 268 g/mol. The Hall–Kier alpha value is -0.760. The molecule has 1 fully saturated rings. The summed E-state index contributed by atoms with van der Waals surface area (Å²) >= 11 is 6.93. The quantitative estimate of drug-likeness (QED) is 0.681. The fourth-order valence-corrected chi connectivity index (χ4v) is 3.26. The Morgan fingerprint density at radius 3 is 2.88 bits per heavy atom. The maximum atomic E-state index is 11.6. The van der Waals surface area contributed by atoms with Gasteiger partial charge in [0.1, 0.15) is 5.02 Å². The third-order valence-electron chi connectivity index (χ3n) is 2.62. The summed E-state index contributed by atoms with van der Waals surface area (Å²) in [6, 6.07) is 0. The maximum Gasteiger partial charge on any atom is 0.329 e. The highest BCUT2D eigenvalue weighted by molar-refractivity contribution is 8.00. The smallest absolute Gasteiger partial charge is 0.329 e. The lowest BCUT2D eigenvalue weighted by molar-refractivity contribution is 0.137. The third-order valence-corrected chi connectivity index (χ3v) is 4.43. The first-order valence-electron chi connectivity index (χ1n) is 4.98. The zero-order chi connectivity index (χ0) is 12.6. The van der Waals surface area contributed by atoms with Crippen molar-refractivity contribution in [2.24, 2.45) is 0 Å². The zero-order valence-electron chi connectivity index (χ0n) is 8.67. The van der Waals surface area contributed by atoms with Crippen LogP contribution in [0.2, 0.25) is 5.02 Å². The normalized spacial score (nSPS) is 28.5. The number of thioether (sulfide) groups is 1. The van der Waals surface area contributed by atoms with Crippen LogP contribution in [-0.4, -0.2) is 37.7 Å². The van der Waals surface area contributed by atoms with Crippen LogP contribution in [-0.2, 0) is 0 Å². The molecule has 0 saturated carbocycles. The van der Waals surface area contributed by atoms with Crippen LogP contribution in [0.15, 0.2) is 15.8 Å². The molecule has 0 aliphatic carbocycles. The number of aliphatic hydroxyl groups excluding tert-OH is 2. The molecule has 1 saturated heterocycles. The van der Waals surface area contributed by atoms with Gasteiger partial charge in [-0.05, 0) is 0 Å². The van der Waals surface area contributed by atoms with E-state index >= 15 is 0 Å². The Kier molecular flexibility index (Phi) is 3.62. The predicted molar refractivity (Wildman–Crippen MR) is 64.5 cm³/mol. The van der Waals surface area contributed by atoms with Gasteiger partial charge in [-0.3, -0.25) is 14.3 Å². The van der Waals surface area contributed by atoms with E-state index in [1.54, 1.807) is 0 Å². The highest BCUT2D eigenvalue weighted by Gasteiger charge is 2.34. The van der Waals surface area contributed by atoms with Crippen LogP contribution in [0.1, 0.15) is 11.8 Å². The van der Waals surface area contributed by atoms with Gasteiger partial charge in [-0.1, -0.05) is 11.6 Å². The Bertz CT molecular complexity index is 528. The van der Waals surface area contributed by atoms with Crippen LogP contribution in [0, 0.1) is 0 Å². The van der Waals surface area contributed by atoms with E-state index in [4.69, 9.17) is 16.7 Å². The summed E-state index contributed by atoms with van der Waals surface area (Å²) in [6.07, 6.45) is 0.915. The molecule has 0 amide bonds. The van der Waals surface area contributed by atoms with Crippen molar-refractivity contribution in [3.63, 3.8) is 0 Å². The second-order valence-corrected chi connectivity index (χ2v) is 5.59. The van der Waals surface area contributed by atoms with Crippen molar-refractivity contribution < 1.29 is 10.2 Å². The van der Waals surface area contributed by atoms with Gasteiger partial charge in [0.2, 0.25) is 0 Å². The van der Waals surface area contributed by atoms with E-state index in [-0.39, 0.29) is 22.3 Å². The SMILES string of the molecule is O=c1[nH]c(=O)n([C@H]2C[C@H](O)[C@H](CO)S2)cc1Cl. The van der Waals surface area contributed by atoms with Crippen molar-refractivity contribution in [1.29, 1.82) is 0 Å². The van der Waals surface area contributed by atoms with E-state index < -0.39 is 17.4 Å². The lowest BCUT2D eigenvalue weighted by Gasteiger charge is -2.12. The molecule has 0 aromatic carbocycles. The van der Waals surface area contributed by atoms with Crippen molar-refractivity contribution >= 4 is 23.4 Å². The molecule has 0 bridgehead atoms. The first-order valence-corrected chi connectivity index (χ1v) is 6.30. The largest absolute Gasteiger partial charge is 0.395 e. The van der Waals surface area contributed by atoms with E-state index in [1.165, 1.54) is 22.5 Å². The van der Waals surface area contributed by atoms with Gasteiger partial charge in [0, 0.05) is 12.6 Å². The van der Waals surface area contributed by atoms with Gasteiger partial charge in [0.15, 0.2) is 0 Å². The number of aromatic amines is 1. The lowest BCUT2D eigenvalue weighted by Crippen LogP contribution is -2.31. The molecule has 3 N–H and O–H groups in total. The third kappa shape index (κ3) is 2.42. The number of nitrogens with one attached hydrogen (secondary N) is 1. The number of nitrogens with zero attached hydrogens (tertiary/aromatic N) is 1. The van der Waals surface area contributed by atoms with E-state index in [9.17, 15) is 14.7 Å². The second kappa shape index (κ2) is 4.85. The Morgan fingerprint density at radius 2 is 2.29 bits per heavy atom. The van der Waals surface area contributed by atoms with Crippen LogP contribution in [0.5, 0.6) is 0 Å². The molecule has 1 aromatic rings. The van der Waals surface area contributed by atoms with Gasteiger partial charge in [0.25, 0.3) is 5.56 Å². The van der Waals surface area contributed by atoms with Gasteiger partial charge >= 0.3 is 5.69 Å². The van der Waals surface area contributed by atoms with Crippen molar-refractivity contribution in [1.82, 2.24) is 9.55 Å². The molecule has 0 spiro atoms. The predicted octanol–water partition coefficient (Wildman–Crippen LogP) is -0.453. The summed E-state index contributed by atoms with van der Waals surface area (Å²) in [7, 11) is 0. The minimum absolute atomic E-state index is 0.0767. The summed E-state index contributed by atoms with van der Waals surface area (Å²) in [4.78, 5) is 24.8. The summed E-state index contributed by atoms with van der Waals surface area (Å²) in [6.45, 7) is -0.159. The van der Waals surface area contributed by atoms with Crippen LogP contribution >= 0.6 is 23.4 Å². The lowest BCUT2D eigenvalue weighted by atomic mass is 10.2. The van der Waals surface area contributed by atoms with Crippen molar-refractivity contribution in [3.05, 3.63) is 32.1 Å². The summed E-state index contributed by atoms with van der Waals surface area (Å²) in [5.74, 6) is 0. The van der Waals surface area contributed by atoms with Crippen molar-refractivity contribution in [3.8, 4) is 0 Å². The number of halogens is 1. The first-order chi connectivity index (χ1) is 8.02. The Balaban J connectivity index is 2.34. The fraction of sp³-hybridized carbons (Fsp3) is 0.556. The van der Waals surface area contributed by atoms with Crippen LogP contribution < -0.4 is 11.2 Å². The van der Waals surface area contributed by atoms with E-state index in [0.29, 0.717) is 6.42 Å². The van der Waals surface area contributed by atoms with Crippen LogP contribution in [0.3, 0.4) is 0 Å². The number of rotatable bonds is 2. The van der Waals surface area contributed by atoms with Crippen molar-refractivity contribution in [2.75, 3.05) is 6.61 Å². The Labute approximate surface area is 105 Å². The maximum absolute atomic E-state index is 11.6.